The first-order valence-electron chi connectivity index (χ1n) is 14.6. The fourth-order valence-electron chi connectivity index (χ4n) is 5.40. The average molecular weight is 657 g/mol. The Balaban J connectivity index is 1.52. The molecule has 1 heterocycles. The molecule has 0 unspecified atom stereocenters. The van der Waals surface area contributed by atoms with E-state index in [0.29, 0.717) is 16.8 Å². The van der Waals surface area contributed by atoms with E-state index >= 15 is 0 Å². The van der Waals surface area contributed by atoms with Crippen LogP contribution in [-0.4, -0.2) is 53.7 Å². The molecule has 2 atom stereocenters. The molecule has 0 saturated heterocycles. The second kappa shape index (κ2) is 14.1. The zero-order valence-electron chi connectivity index (χ0n) is 25.7. The second-order valence-electron chi connectivity index (χ2n) is 12.2. The molecule has 2 N–H and O–H groups in total. The van der Waals surface area contributed by atoms with Gasteiger partial charge in [-0.1, -0.05) is 63.2 Å². The van der Waals surface area contributed by atoms with Gasteiger partial charge in [0, 0.05) is 24.7 Å². The molecule has 0 spiro atoms. The summed E-state index contributed by atoms with van der Waals surface area (Å²) >= 11 is 0. The van der Waals surface area contributed by atoms with E-state index in [2.05, 4.69) is 10.1 Å². The molecule has 9 nitrogen and oxygen atoms in total. The number of nitrogens with one attached hydrogen (secondary N) is 1. The van der Waals surface area contributed by atoms with Crippen molar-refractivity contribution in [1.82, 2.24) is 5.32 Å². The van der Waals surface area contributed by atoms with E-state index in [0.717, 1.165) is 5.56 Å². The Bertz CT molecular complexity index is 1710. The lowest BCUT2D eigenvalue weighted by Crippen LogP contribution is -2.52. The highest BCUT2D eigenvalue weighted by Gasteiger charge is 2.37. The van der Waals surface area contributed by atoms with Gasteiger partial charge in [-0.15, -0.1) is 0 Å². The number of hydrogen-bond acceptors (Lipinski definition) is 6. The van der Waals surface area contributed by atoms with Gasteiger partial charge in [-0.25, -0.2) is 8.78 Å². The summed E-state index contributed by atoms with van der Waals surface area (Å²) in [7, 11) is 0. The summed E-state index contributed by atoms with van der Waals surface area (Å²) in [5.41, 5.74) is 2.22. The number of nitrogens with zero attached hydrogens (tertiary/aromatic N) is 1. The smallest absolute Gasteiger partial charge is 0.305 e. The fourth-order valence-corrected chi connectivity index (χ4v) is 5.40. The minimum Gasteiger partial charge on any atom is -0.481 e. The lowest BCUT2D eigenvalue weighted by molar-refractivity contribution is -0.141. The number of rotatable bonds is 11. The lowest BCUT2D eigenvalue weighted by atomic mass is 9.82. The Kier molecular flexibility index (Phi) is 10.5. The highest BCUT2D eigenvalue weighted by Crippen LogP contribution is 2.32. The minimum absolute atomic E-state index is 0.0540. The molecule has 1 aliphatic heterocycles. The molecule has 0 radical (unpaired) electrons. The van der Waals surface area contributed by atoms with Gasteiger partial charge in [0.05, 0.1) is 12.3 Å². The number of amides is 2. The van der Waals surface area contributed by atoms with Gasteiger partial charge in [0.1, 0.15) is 12.6 Å². The van der Waals surface area contributed by atoms with Crippen molar-refractivity contribution in [2.75, 3.05) is 18.1 Å². The highest BCUT2D eigenvalue weighted by atomic mass is 19.2. The van der Waals surface area contributed by atoms with Crippen molar-refractivity contribution in [3.8, 4) is 5.75 Å². The number of carboxylic acids is 1. The quantitative estimate of drug-likeness (QED) is 0.177. The average Bonchev–Trinajstić information content (AvgIpc) is 3.02. The van der Waals surface area contributed by atoms with Crippen LogP contribution in [0.3, 0.4) is 0 Å². The Morgan fingerprint density at radius 1 is 0.957 bits per heavy atom. The molecule has 0 aromatic heterocycles. The third-order valence-electron chi connectivity index (χ3n) is 7.70. The standard InChI is InChI=1S/C34H32F4N2O7/c1-34(2,3)21-10-6-4-8-18(21)13-26(41)33(46)40-16-20(12-19-9-5-7-11-25(19)40)32(45)39-24(15-28(43)44)27(42)17-47-31-29(37)22(35)14-23(36)30(31)38/h4-11,14,20,24H,12-13,15-17H2,1-3H3,(H,39,45)(H,43,44)/t20-,24+/m1/s1. The third kappa shape index (κ3) is 8.02. The number of halogens is 4. The van der Waals surface area contributed by atoms with E-state index in [-0.39, 0.29) is 30.9 Å². The topological polar surface area (TPSA) is 130 Å². The lowest BCUT2D eigenvalue weighted by Gasteiger charge is -2.34. The van der Waals surface area contributed by atoms with E-state index in [4.69, 9.17) is 0 Å². The van der Waals surface area contributed by atoms with E-state index in [1.807, 2.05) is 32.9 Å². The van der Waals surface area contributed by atoms with E-state index in [1.54, 1.807) is 36.4 Å². The Labute approximate surface area is 267 Å². The summed E-state index contributed by atoms with van der Waals surface area (Å²) in [5.74, 6) is -15.1. The number of carbonyl (C=O) groups is 5. The van der Waals surface area contributed by atoms with Gasteiger partial charge in [0.25, 0.3) is 5.91 Å². The zero-order valence-corrected chi connectivity index (χ0v) is 25.7. The number of para-hydroxylation sites is 1. The third-order valence-corrected chi connectivity index (χ3v) is 7.70. The molecule has 0 bridgehead atoms. The first kappa shape index (κ1) is 34.8. The van der Waals surface area contributed by atoms with Crippen molar-refractivity contribution in [1.29, 1.82) is 0 Å². The number of carboxylic acid groups (broad SMARTS) is 1. The summed E-state index contributed by atoms with van der Waals surface area (Å²) in [6, 6.07) is 12.0. The molecule has 1 aliphatic rings. The van der Waals surface area contributed by atoms with Gasteiger partial charge in [-0.3, -0.25) is 24.0 Å². The molecule has 248 valence electrons. The molecule has 47 heavy (non-hydrogen) atoms. The van der Waals surface area contributed by atoms with Crippen molar-refractivity contribution >= 4 is 35.0 Å². The molecule has 2 amide bonds. The number of hydrogen-bond donors (Lipinski definition) is 2. The summed E-state index contributed by atoms with van der Waals surface area (Å²) in [6.45, 7) is 4.42. The van der Waals surface area contributed by atoms with Gasteiger partial charge in [-0.05, 0) is 34.6 Å². The van der Waals surface area contributed by atoms with Crippen LogP contribution in [0.2, 0.25) is 0 Å². The molecule has 3 aromatic rings. The van der Waals surface area contributed by atoms with Crippen LogP contribution in [-0.2, 0) is 42.2 Å². The van der Waals surface area contributed by atoms with E-state index < -0.39 is 83.4 Å². The molecule has 13 heteroatoms. The van der Waals surface area contributed by atoms with Gasteiger partial charge in [0.2, 0.25) is 23.3 Å². The van der Waals surface area contributed by atoms with Gasteiger partial charge in [0.15, 0.2) is 23.2 Å². The molecular formula is C34H32F4N2O7. The SMILES string of the molecule is CC(C)(C)c1ccccc1CC(=O)C(=O)N1C[C@H](C(=O)N[C@@H](CC(=O)O)C(=O)COc2c(F)c(F)cc(F)c2F)Cc2ccccc21. The maximum atomic E-state index is 14.0. The fraction of sp³-hybridized carbons (Fsp3) is 0.324. The molecule has 4 rings (SSSR count). The number of ether oxygens (including phenoxy) is 1. The van der Waals surface area contributed by atoms with Crippen molar-refractivity contribution in [3.05, 3.63) is 94.6 Å². The predicted octanol–water partition coefficient (Wildman–Crippen LogP) is 4.47. The van der Waals surface area contributed by atoms with Crippen LogP contribution in [0.25, 0.3) is 0 Å². The van der Waals surface area contributed by atoms with Crippen LogP contribution in [0.4, 0.5) is 23.2 Å². The number of fused-ring (bicyclic) bond motifs is 1. The van der Waals surface area contributed by atoms with E-state index in [1.165, 1.54) is 4.90 Å². The number of benzene rings is 3. The van der Waals surface area contributed by atoms with Crippen molar-refractivity contribution in [3.63, 3.8) is 0 Å². The number of ketones is 2. The molecule has 0 fully saturated rings. The van der Waals surface area contributed by atoms with E-state index in [9.17, 15) is 46.6 Å². The summed E-state index contributed by atoms with van der Waals surface area (Å²) < 4.78 is 59.7. The molecule has 0 aliphatic carbocycles. The van der Waals surface area contributed by atoms with Crippen LogP contribution in [0.5, 0.6) is 5.75 Å². The minimum atomic E-state index is -1.91. The first-order chi connectivity index (χ1) is 22.1. The van der Waals surface area contributed by atoms with Crippen LogP contribution >= 0.6 is 0 Å². The first-order valence-corrected chi connectivity index (χ1v) is 14.6. The highest BCUT2D eigenvalue weighted by molar-refractivity contribution is 6.42. The number of anilines is 1. The van der Waals surface area contributed by atoms with Gasteiger partial charge < -0.3 is 20.1 Å². The number of carbonyl (C=O) groups excluding carboxylic acids is 4. The maximum Gasteiger partial charge on any atom is 0.305 e. The molecular weight excluding hydrogens is 624 g/mol. The van der Waals surface area contributed by atoms with Crippen LogP contribution in [0, 0.1) is 29.2 Å². The Hall–Kier alpha value is -5.07. The van der Waals surface area contributed by atoms with Crippen molar-refractivity contribution in [2.24, 2.45) is 5.92 Å². The van der Waals surface area contributed by atoms with Crippen molar-refractivity contribution < 1.29 is 51.4 Å². The number of aliphatic carboxylic acids is 1. The normalized spacial score (nSPS) is 15.0. The van der Waals surface area contributed by atoms with Gasteiger partial charge in [-0.2, -0.15) is 8.78 Å². The van der Waals surface area contributed by atoms with Crippen LogP contribution < -0.4 is 15.0 Å². The van der Waals surface area contributed by atoms with Crippen LogP contribution in [0.1, 0.15) is 43.9 Å². The predicted molar refractivity (Wildman–Crippen MR) is 161 cm³/mol. The summed E-state index contributed by atoms with van der Waals surface area (Å²) in [5, 5.41) is 11.6. The van der Waals surface area contributed by atoms with Gasteiger partial charge >= 0.3 is 5.97 Å². The van der Waals surface area contributed by atoms with Crippen LogP contribution in [0.15, 0.2) is 54.6 Å². The molecule has 3 aromatic carbocycles. The summed E-state index contributed by atoms with van der Waals surface area (Å²) in [6.07, 6.45) is -1.09. The largest absolute Gasteiger partial charge is 0.481 e. The zero-order chi connectivity index (χ0) is 34.6. The summed E-state index contributed by atoms with van der Waals surface area (Å²) in [4.78, 5) is 65.9. The van der Waals surface area contributed by atoms with Crippen molar-refractivity contribution in [2.45, 2.75) is 51.5 Å². The maximum absolute atomic E-state index is 14.0. The second-order valence-corrected chi connectivity index (χ2v) is 12.2. The number of Topliss-reactive ketones (excluding diaryl/α,β-unsaturated/α-hetero) is 2. The Morgan fingerprint density at radius 2 is 1.57 bits per heavy atom. The monoisotopic (exact) mass is 656 g/mol. The molecule has 0 saturated carbocycles. The Morgan fingerprint density at radius 3 is 2.21 bits per heavy atom.